The van der Waals surface area contributed by atoms with Crippen LogP contribution < -0.4 is 5.73 Å². The summed E-state index contributed by atoms with van der Waals surface area (Å²) in [5.74, 6) is 5.92. The van der Waals surface area contributed by atoms with Crippen LogP contribution in [-0.2, 0) is 9.84 Å². The molecule has 0 amide bonds. The SMILES string of the molecule is CS(=O)(=O)c1ccc(C#Cc2ccccc2)c(N)c1. The van der Waals surface area contributed by atoms with Crippen LogP contribution in [0.15, 0.2) is 53.4 Å². The quantitative estimate of drug-likeness (QED) is 0.638. The highest BCUT2D eigenvalue weighted by molar-refractivity contribution is 7.90. The zero-order chi connectivity index (χ0) is 13.9. The maximum Gasteiger partial charge on any atom is 0.175 e. The highest BCUT2D eigenvalue weighted by Gasteiger charge is 2.08. The second-order valence-electron chi connectivity index (χ2n) is 4.14. The molecule has 96 valence electrons. The Hall–Kier alpha value is -2.25. The Labute approximate surface area is 113 Å². The third-order valence-corrected chi connectivity index (χ3v) is 3.68. The zero-order valence-corrected chi connectivity index (χ0v) is 11.2. The van der Waals surface area contributed by atoms with E-state index in [0.29, 0.717) is 11.3 Å². The van der Waals surface area contributed by atoms with Gasteiger partial charge >= 0.3 is 0 Å². The maximum atomic E-state index is 11.4. The lowest BCUT2D eigenvalue weighted by Gasteiger charge is -2.02. The van der Waals surface area contributed by atoms with Crippen molar-refractivity contribution in [2.75, 3.05) is 12.0 Å². The number of nitrogen functional groups attached to an aromatic ring is 1. The van der Waals surface area contributed by atoms with Gasteiger partial charge in [-0.25, -0.2) is 8.42 Å². The van der Waals surface area contributed by atoms with Crippen molar-refractivity contribution in [1.82, 2.24) is 0 Å². The molecular formula is C15H13NO2S. The number of benzene rings is 2. The summed E-state index contributed by atoms with van der Waals surface area (Å²) in [5, 5.41) is 0. The molecule has 0 aromatic heterocycles. The van der Waals surface area contributed by atoms with Gasteiger partial charge in [-0.05, 0) is 30.3 Å². The average Bonchev–Trinajstić information content (AvgIpc) is 2.37. The summed E-state index contributed by atoms with van der Waals surface area (Å²) in [6.45, 7) is 0. The monoisotopic (exact) mass is 271 g/mol. The second-order valence-corrected chi connectivity index (χ2v) is 6.15. The van der Waals surface area contributed by atoms with E-state index < -0.39 is 9.84 Å². The van der Waals surface area contributed by atoms with Crippen LogP contribution in [-0.4, -0.2) is 14.7 Å². The smallest absolute Gasteiger partial charge is 0.175 e. The first-order chi connectivity index (χ1) is 8.97. The van der Waals surface area contributed by atoms with Crippen molar-refractivity contribution < 1.29 is 8.42 Å². The molecule has 0 unspecified atom stereocenters. The molecule has 4 heteroatoms. The lowest BCUT2D eigenvalue weighted by Crippen LogP contribution is -1.99. The van der Waals surface area contributed by atoms with Gasteiger partial charge in [0, 0.05) is 23.1 Å². The number of hydrogen-bond donors (Lipinski definition) is 1. The van der Waals surface area contributed by atoms with E-state index in [2.05, 4.69) is 11.8 Å². The maximum absolute atomic E-state index is 11.4. The molecule has 0 heterocycles. The van der Waals surface area contributed by atoms with E-state index in [1.807, 2.05) is 30.3 Å². The second kappa shape index (κ2) is 5.17. The summed E-state index contributed by atoms with van der Waals surface area (Å²) < 4.78 is 22.8. The predicted octanol–water partition coefficient (Wildman–Crippen LogP) is 2.07. The molecule has 2 N–H and O–H groups in total. The number of anilines is 1. The van der Waals surface area contributed by atoms with Crippen molar-refractivity contribution in [3.8, 4) is 11.8 Å². The fraction of sp³-hybridized carbons (Fsp3) is 0.0667. The van der Waals surface area contributed by atoms with Crippen molar-refractivity contribution in [1.29, 1.82) is 0 Å². The molecular weight excluding hydrogens is 258 g/mol. The molecule has 19 heavy (non-hydrogen) atoms. The molecule has 3 nitrogen and oxygen atoms in total. The first-order valence-corrected chi connectivity index (χ1v) is 7.52. The molecule has 2 rings (SSSR count). The van der Waals surface area contributed by atoms with Crippen LogP contribution in [0.5, 0.6) is 0 Å². The molecule has 0 spiro atoms. The largest absolute Gasteiger partial charge is 0.398 e. The van der Waals surface area contributed by atoms with Gasteiger partial charge in [0.1, 0.15) is 0 Å². The minimum absolute atomic E-state index is 0.204. The molecule has 0 atom stereocenters. The summed E-state index contributed by atoms with van der Waals surface area (Å²) in [7, 11) is -3.24. The third-order valence-electron chi connectivity index (χ3n) is 2.57. The fourth-order valence-electron chi connectivity index (χ4n) is 1.55. The molecule has 0 saturated heterocycles. The first-order valence-electron chi connectivity index (χ1n) is 5.63. The van der Waals surface area contributed by atoms with Crippen molar-refractivity contribution in [2.45, 2.75) is 4.90 Å². The molecule has 2 aromatic rings. The minimum Gasteiger partial charge on any atom is -0.398 e. The first kappa shape index (κ1) is 13.2. The number of nitrogens with two attached hydrogens (primary N) is 1. The van der Waals surface area contributed by atoms with Crippen molar-refractivity contribution in [2.24, 2.45) is 0 Å². The molecule has 0 aliphatic heterocycles. The Bertz CT molecular complexity index is 754. The highest BCUT2D eigenvalue weighted by Crippen LogP contribution is 2.17. The summed E-state index contributed by atoms with van der Waals surface area (Å²) in [6.07, 6.45) is 1.15. The average molecular weight is 271 g/mol. The standard InChI is InChI=1S/C15H13NO2S/c1-19(17,18)14-10-9-13(15(16)11-14)8-7-12-5-3-2-4-6-12/h2-6,9-11H,16H2,1H3. The van der Waals surface area contributed by atoms with Gasteiger partial charge in [-0.3, -0.25) is 0 Å². The van der Waals surface area contributed by atoms with Crippen LogP contribution in [0.2, 0.25) is 0 Å². The Kier molecular flexibility index (Phi) is 3.59. The van der Waals surface area contributed by atoms with E-state index in [-0.39, 0.29) is 4.90 Å². The Morgan fingerprint density at radius 3 is 2.26 bits per heavy atom. The van der Waals surface area contributed by atoms with Gasteiger partial charge in [0.2, 0.25) is 0 Å². The predicted molar refractivity (Wildman–Crippen MR) is 76.4 cm³/mol. The summed E-state index contributed by atoms with van der Waals surface area (Å²) in [5.41, 5.74) is 7.69. The van der Waals surface area contributed by atoms with Gasteiger partial charge in [0.05, 0.1) is 4.90 Å². The number of sulfone groups is 1. The summed E-state index contributed by atoms with van der Waals surface area (Å²) in [6, 6.07) is 14.1. The number of rotatable bonds is 1. The molecule has 0 fully saturated rings. The van der Waals surface area contributed by atoms with Crippen LogP contribution in [0.25, 0.3) is 0 Å². The van der Waals surface area contributed by atoms with Crippen LogP contribution in [0.4, 0.5) is 5.69 Å². The van der Waals surface area contributed by atoms with Gasteiger partial charge in [-0.2, -0.15) is 0 Å². The van der Waals surface area contributed by atoms with E-state index >= 15 is 0 Å². The normalized spacial score (nSPS) is 10.6. The van der Waals surface area contributed by atoms with Crippen LogP contribution >= 0.6 is 0 Å². The molecule has 0 saturated carbocycles. The molecule has 0 aliphatic carbocycles. The molecule has 0 bridgehead atoms. The molecule has 2 aromatic carbocycles. The van der Waals surface area contributed by atoms with Crippen LogP contribution in [0, 0.1) is 11.8 Å². The fourth-order valence-corrected chi connectivity index (χ4v) is 2.20. The lowest BCUT2D eigenvalue weighted by molar-refractivity contribution is 0.602. The van der Waals surface area contributed by atoms with Gasteiger partial charge in [-0.1, -0.05) is 30.0 Å². The van der Waals surface area contributed by atoms with Gasteiger partial charge < -0.3 is 5.73 Å². The van der Waals surface area contributed by atoms with Crippen molar-refractivity contribution in [3.63, 3.8) is 0 Å². The van der Waals surface area contributed by atoms with E-state index in [0.717, 1.165) is 11.8 Å². The minimum atomic E-state index is -3.24. The van der Waals surface area contributed by atoms with Gasteiger partial charge in [0.15, 0.2) is 9.84 Å². The van der Waals surface area contributed by atoms with E-state index in [1.54, 1.807) is 6.07 Å². The molecule has 0 radical (unpaired) electrons. The van der Waals surface area contributed by atoms with Crippen molar-refractivity contribution in [3.05, 3.63) is 59.7 Å². The van der Waals surface area contributed by atoms with Gasteiger partial charge in [0.25, 0.3) is 0 Å². The summed E-state index contributed by atoms with van der Waals surface area (Å²) in [4.78, 5) is 0.204. The lowest BCUT2D eigenvalue weighted by atomic mass is 10.1. The highest BCUT2D eigenvalue weighted by atomic mass is 32.2. The third kappa shape index (κ3) is 3.36. The topological polar surface area (TPSA) is 60.2 Å². The van der Waals surface area contributed by atoms with E-state index in [9.17, 15) is 8.42 Å². The Morgan fingerprint density at radius 2 is 1.68 bits per heavy atom. The van der Waals surface area contributed by atoms with Crippen LogP contribution in [0.3, 0.4) is 0 Å². The van der Waals surface area contributed by atoms with E-state index in [4.69, 9.17) is 5.73 Å². The Balaban J connectivity index is 2.36. The molecule has 0 aliphatic rings. The van der Waals surface area contributed by atoms with Crippen LogP contribution in [0.1, 0.15) is 11.1 Å². The van der Waals surface area contributed by atoms with Crippen molar-refractivity contribution >= 4 is 15.5 Å². The summed E-state index contributed by atoms with van der Waals surface area (Å²) >= 11 is 0. The zero-order valence-electron chi connectivity index (χ0n) is 10.4. The Morgan fingerprint density at radius 1 is 1.00 bits per heavy atom. The van der Waals surface area contributed by atoms with E-state index in [1.165, 1.54) is 12.1 Å². The van der Waals surface area contributed by atoms with Gasteiger partial charge in [-0.15, -0.1) is 0 Å². The number of hydrogen-bond acceptors (Lipinski definition) is 3.